The molecule has 0 aliphatic heterocycles. The molecule has 0 spiro atoms. The van der Waals surface area contributed by atoms with Crippen LogP contribution in [0, 0.1) is 13.8 Å². The molecule has 0 atom stereocenters. The maximum absolute atomic E-state index is 12.3. The monoisotopic (exact) mass is 415 g/mol. The minimum Gasteiger partial charge on any atom is -0.455 e. The molecule has 1 amide bonds. The van der Waals surface area contributed by atoms with Crippen LogP contribution in [0.3, 0.4) is 0 Å². The highest BCUT2D eigenvalue weighted by Crippen LogP contribution is 2.33. The van der Waals surface area contributed by atoms with E-state index in [9.17, 15) is 9.59 Å². The van der Waals surface area contributed by atoms with E-state index < -0.39 is 5.97 Å². The number of ether oxygens (including phenoxy) is 1. The van der Waals surface area contributed by atoms with Crippen LogP contribution in [-0.4, -0.2) is 21.8 Å². The largest absolute Gasteiger partial charge is 0.455 e. The molecule has 144 valence electrons. The van der Waals surface area contributed by atoms with Crippen molar-refractivity contribution in [1.29, 1.82) is 0 Å². The first kappa shape index (κ1) is 20.0. The Bertz CT molecular complexity index is 1010. The Hall–Kier alpha value is -2.77. The fourth-order valence-electron chi connectivity index (χ4n) is 2.77. The summed E-state index contributed by atoms with van der Waals surface area (Å²) in [6.07, 6.45) is 1.50. The van der Waals surface area contributed by atoms with Gasteiger partial charge in [-0.1, -0.05) is 29.8 Å². The molecule has 0 aliphatic rings. The van der Waals surface area contributed by atoms with Crippen molar-refractivity contribution in [2.75, 3.05) is 4.90 Å². The van der Waals surface area contributed by atoms with Gasteiger partial charge < -0.3 is 4.74 Å². The molecule has 28 heavy (non-hydrogen) atoms. The van der Waals surface area contributed by atoms with Crippen molar-refractivity contribution >= 4 is 45.6 Å². The minimum atomic E-state index is -0.578. The van der Waals surface area contributed by atoms with Crippen molar-refractivity contribution < 1.29 is 14.3 Å². The zero-order valence-electron chi connectivity index (χ0n) is 15.6. The van der Waals surface area contributed by atoms with Crippen molar-refractivity contribution in [2.24, 2.45) is 0 Å². The first-order chi connectivity index (χ1) is 13.4. The minimum absolute atomic E-state index is 0.0287. The van der Waals surface area contributed by atoms with E-state index in [1.807, 2.05) is 32.0 Å². The van der Waals surface area contributed by atoms with Crippen LogP contribution in [0.15, 0.2) is 41.9 Å². The van der Waals surface area contributed by atoms with Gasteiger partial charge in [-0.05, 0) is 37.1 Å². The van der Waals surface area contributed by atoms with Crippen molar-refractivity contribution in [3.05, 3.63) is 69.4 Å². The van der Waals surface area contributed by atoms with Gasteiger partial charge in [0.1, 0.15) is 11.8 Å². The summed E-state index contributed by atoms with van der Waals surface area (Å²) in [6.45, 7) is 5.37. The van der Waals surface area contributed by atoms with Crippen molar-refractivity contribution in [1.82, 2.24) is 9.97 Å². The molecule has 3 rings (SSSR count). The number of nitrogens with zero attached hydrogens (tertiary/aromatic N) is 3. The van der Waals surface area contributed by atoms with E-state index >= 15 is 0 Å². The first-order valence-corrected chi connectivity index (χ1v) is 9.73. The van der Waals surface area contributed by atoms with E-state index in [4.69, 9.17) is 16.3 Å². The third-order valence-electron chi connectivity index (χ3n) is 4.04. The predicted octanol–water partition coefficient (Wildman–Crippen LogP) is 4.85. The van der Waals surface area contributed by atoms with Crippen LogP contribution in [-0.2, 0) is 16.1 Å². The Labute approximate surface area is 171 Å². The highest BCUT2D eigenvalue weighted by Gasteiger charge is 2.22. The average molecular weight is 416 g/mol. The van der Waals surface area contributed by atoms with Gasteiger partial charge in [0.2, 0.25) is 5.91 Å². The molecule has 0 fully saturated rings. The molecular formula is C20H18ClN3O3S. The Morgan fingerprint density at radius 1 is 1.18 bits per heavy atom. The molecule has 0 bridgehead atoms. The molecule has 0 aliphatic carbocycles. The third-order valence-corrected chi connectivity index (χ3v) is 5.21. The highest BCUT2D eigenvalue weighted by molar-refractivity contribution is 7.14. The van der Waals surface area contributed by atoms with Gasteiger partial charge in [0.25, 0.3) is 0 Å². The average Bonchev–Trinajstić information content (AvgIpc) is 3.11. The van der Waals surface area contributed by atoms with E-state index in [1.54, 1.807) is 22.4 Å². The quantitative estimate of drug-likeness (QED) is 0.440. The number of hydrogen-bond acceptors (Lipinski definition) is 6. The third kappa shape index (κ3) is 4.21. The number of pyridine rings is 1. The van der Waals surface area contributed by atoms with Gasteiger partial charge in [-0.25, -0.2) is 14.8 Å². The van der Waals surface area contributed by atoms with Gasteiger partial charge in [-0.2, -0.15) is 0 Å². The number of carbonyl (C=O) groups excluding carboxylic acids is 2. The number of thiazole rings is 1. The van der Waals surface area contributed by atoms with E-state index in [0.29, 0.717) is 10.8 Å². The molecule has 6 nitrogen and oxygen atoms in total. The smallest absolute Gasteiger partial charge is 0.341 e. The summed E-state index contributed by atoms with van der Waals surface area (Å²) >= 11 is 7.22. The summed E-state index contributed by atoms with van der Waals surface area (Å²) in [7, 11) is 0. The number of anilines is 2. The summed E-state index contributed by atoms with van der Waals surface area (Å²) in [5, 5.41) is 2.37. The van der Waals surface area contributed by atoms with Crippen molar-refractivity contribution in [2.45, 2.75) is 27.4 Å². The molecule has 0 saturated heterocycles. The van der Waals surface area contributed by atoms with Gasteiger partial charge in [0.15, 0.2) is 5.13 Å². The number of aryl methyl sites for hydroxylation is 2. The Morgan fingerprint density at radius 3 is 2.54 bits per heavy atom. The molecule has 0 saturated carbocycles. The van der Waals surface area contributed by atoms with Gasteiger partial charge in [0.05, 0.1) is 16.9 Å². The first-order valence-electron chi connectivity index (χ1n) is 8.47. The van der Waals surface area contributed by atoms with Gasteiger partial charge in [-0.3, -0.25) is 9.69 Å². The van der Waals surface area contributed by atoms with Crippen LogP contribution in [0.25, 0.3) is 0 Å². The number of benzene rings is 1. The Morgan fingerprint density at radius 2 is 1.89 bits per heavy atom. The molecule has 1 aromatic carbocycles. The molecular weight excluding hydrogens is 398 g/mol. The summed E-state index contributed by atoms with van der Waals surface area (Å²) in [5.74, 6) is -0.719. The fraction of sp³-hybridized carbons (Fsp3) is 0.200. The molecule has 8 heteroatoms. The van der Waals surface area contributed by atoms with E-state index in [2.05, 4.69) is 9.97 Å². The summed E-state index contributed by atoms with van der Waals surface area (Å²) in [6, 6.07) is 9.00. The molecule has 0 unspecified atom stereocenters. The van der Waals surface area contributed by atoms with Crippen LogP contribution in [0.4, 0.5) is 10.8 Å². The number of para-hydroxylation sites is 1. The second-order valence-corrected chi connectivity index (χ2v) is 7.33. The Balaban J connectivity index is 1.79. The predicted molar refractivity (Wildman–Crippen MR) is 109 cm³/mol. The molecule has 2 aromatic heterocycles. The standard InChI is InChI=1S/C20H18ClN3O3S/c1-12-6-4-7-13(2)17(12)24(14(3)25)20-23-15(11-28-20)10-27-19(26)16-8-5-9-22-18(16)21/h4-9,11H,10H2,1-3H3. The van der Waals surface area contributed by atoms with Crippen molar-refractivity contribution in [3.8, 4) is 0 Å². The van der Waals surface area contributed by atoms with Gasteiger partial charge >= 0.3 is 5.97 Å². The zero-order chi connectivity index (χ0) is 20.3. The fourth-order valence-corrected chi connectivity index (χ4v) is 3.82. The van der Waals surface area contributed by atoms with E-state index in [0.717, 1.165) is 16.8 Å². The molecule has 3 aromatic rings. The van der Waals surface area contributed by atoms with Gasteiger partial charge in [-0.15, -0.1) is 11.3 Å². The lowest BCUT2D eigenvalue weighted by atomic mass is 10.1. The second kappa shape index (κ2) is 8.50. The number of esters is 1. The molecule has 0 N–H and O–H groups in total. The van der Waals surface area contributed by atoms with E-state index in [1.165, 1.54) is 24.5 Å². The summed E-state index contributed by atoms with van der Waals surface area (Å²) in [4.78, 5) is 34.4. The van der Waals surface area contributed by atoms with Gasteiger partial charge in [0, 0.05) is 18.5 Å². The molecule has 0 radical (unpaired) electrons. The van der Waals surface area contributed by atoms with Crippen LogP contribution in [0.1, 0.15) is 34.1 Å². The van der Waals surface area contributed by atoms with E-state index in [-0.39, 0.29) is 23.2 Å². The topological polar surface area (TPSA) is 72.4 Å². The maximum atomic E-state index is 12.3. The van der Waals surface area contributed by atoms with Crippen LogP contribution in [0.5, 0.6) is 0 Å². The number of rotatable bonds is 5. The second-order valence-electron chi connectivity index (χ2n) is 6.13. The lowest BCUT2D eigenvalue weighted by molar-refractivity contribution is -0.115. The maximum Gasteiger partial charge on any atom is 0.341 e. The zero-order valence-corrected chi connectivity index (χ0v) is 17.2. The summed E-state index contributed by atoms with van der Waals surface area (Å²) in [5.41, 5.74) is 3.51. The summed E-state index contributed by atoms with van der Waals surface area (Å²) < 4.78 is 5.28. The lowest BCUT2D eigenvalue weighted by Crippen LogP contribution is -2.24. The SMILES string of the molecule is CC(=O)N(c1nc(COC(=O)c2cccnc2Cl)cs1)c1c(C)cccc1C. The normalized spacial score (nSPS) is 10.6. The van der Waals surface area contributed by atoms with Crippen molar-refractivity contribution in [3.63, 3.8) is 0 Å². The Kier molecular flexibility index (Phi) is 6.06. The van der Waals surface area contributed by atoms with Crippen LogP contribution >= 0.6 is 22.9 Å². The van der Waals surface area contributed by atoms with Crippen LogP contribution in [0.2, 0.25) is 5.15 Å². The number of halogens is 1. The number of carbonyl (C=O) groups is 2. The highest BCUT2D eigenvalue weighted by atomic mass is 35.5. The number of aromatic nitrogens is 2. The number of hydrogen-bond donors (Lipinski definition) is 0. The van der Waals surface area contributed by atoms with Crippen LogP contribution < -0.4 is 4.90 Å². The number of amides is 1. The molecule has 2 heterocycles. The lowest BCUT2D eigenvalue weighted by Gasteiger charge is -2.22.